The molecule has 1 unspecified atom stereocenters. The monoisotopic (exact) mass is 480 g/mol. The van der Waals surface area contributed by atoms with Crippen LogP contribution in [0.15, 0.2) is 48.7 Å². The van der Waals surface area contributed by atoms with Crippen molar-refractivity contribution in [3.8, 4) is 9.75 Å². The molecule has 2 aromatic heterocycles. The number of hydrogen-bond acceptors (Lipinski definition) is 6. The number of aromatic nitrogens is 1. The van der Waals surface area contributed by atoms with E-state index in [0.29, 0.717) is 30.8 Å². The molecule has 1 atom stereocenters. The molecule has 4 heterocycles. The Balaban J connectivity index is 1.17. The van der Waals surface area contributed by atoms with Crippen LogP contribution in [0.4, 0.5) is 11.4 Å². The van der Waals surface area contributed by atoms with Gasteiger partial charge in [-0.2, -0.15) is 0 Å². The number of benzene rings is 1. The molecule has 170 valence electrons. The predicted octanol–water partition coefficient (Wildman–Crippen LogP) is 4.17. The Bertz CT molecular complexity index is 1160. The lowest BCUT2D eigenvalue weighted by atomic mass is 10.1. The molecule has 9 heteroatoms. The number of hydrogen-bond donors (Lipinski definition) is 1. The van der Waals surface area contributed by atoms with Gasteiger partial charge in [-0.05, 0) is 66.8 Å². The minimum atomic E-state index is -0.114. The van der Waals surface area contributed by atoms with E-state index in [4.69, 9.17) is 0 Å². The van der Waals surface area contributed by atoms with Crippen LogP contribution < -0.4 is 15.1 Å². The summed E-state index contributed by atoms with van der Waals surface area (Å²) in [5.74, 6) is 0.162. The molecule has 1 aromatic carbocycles. The smallest absolute Gasteiger partial charge is 0.261 e. The van der Waals surface area contributed by atoms with Crippen molar-refractivity contribution in [3.05, 3.63) is 53.5 Å². The van der Waals surface area contributed by atoms with E-state index in [1.807, 2.05) is 47.4 Å². The van der Waals surface area contributed by atoms with Gasteiger partial charge in [0.1, 0.15) is 0 Å². The first kappa shape index (κ1) is 21.8. The van der Waals surface area contributed by atoms with Gasteiger partial charge < -0.3 is 15.1 Å². The van der Waals surface area contributed by atoms with Gasteiger partial charge in [0.2, 0.25) is 11.8 Å². The fraction of sp³-hybridized carbons (Fsp3) is 0.333. The number of nitrogens with one attached hydrogen (secondary N) is 1. The zero-order valence-corrected chi connectivity index (χ0v) is 19.7. The van der Waals surface area contributed by atoms with E-state index < -0.39 is 0 Å². The summed E-state index contributed by atoms with van der Waals surface area (Å²) in [4.78, 5) is 43.7. The molecule has 3 aromatic rings. The molecule has 0 aliphatic carbocycles. The molecule has 0 spiro atoms. The van der Waals surface area contributed by atoms with Crippen LogP contribution in [0.1, 0.15) is 35.4 Å². The summed E-state index contributed by atoms with van der Waals surface area (Å²) in [7, 11) is 0. The normalized spacial score (nSPS) is 18.7. The number of anilines is 2. The molecule has 2 aliphatic heterocycles. The van der Waals surface area contributed by atoms with E-state index in [1.165, 1.54) is 22.9 Å². The highest BCUT2D eigenvalue weighted by Gasteiger charge is 2.31. The predicted molar refractivity (Wildman–Crippen MR) is 131 cm³/mol. The number of amides is 3. The van der Waals surface area contributed by atoms with Crippen molar-refractivity contribution in [2.24, 2.45) is 5.92 Å². The third-order valence-electron chi connectivity index (χ3n) is 6.06. The van der Waals surface area contributed by atoms with E-state index >= 15 is 0 Å². The molecule has 5 rings (SSSR count). The highest BCUT2D eigenvalue weighted by Crippen LogP contribution is 2.31. The van der Waals surface area contributed by atoms with E-state index in [-0.39, 0.29) is 23.6 Å². The summed E-state index contributed by atoms with van der Waals surface area (Å²) >= 11 is 2.85. The van der Waals surface area contributed by atoms with Gasteiger partial charge in [0.15, 0.2) is 0 Å². The first-order valence-corrected chi connectivity index (χ1v) is 12.7. The first-order chi connectivity index (χ1) is 16.1. The summed E-state index contributed by atoms with van der Waals surface area (Å²) in [6, 6.07) is 13.3. The summed E-state index contributed by atoms with van der Waals surface area (Å²) in [6.07, 6.45) is 4.72. The Morgan fingerprint density at radius 2 is 1.76 bits per heavy atom. The molecule has 2 aliphatic rings. The van der Waals surface area contributed by atoms with Crippen LogP contribution in [-0.4, -0.2) is 41.7 Å². The molecular formula is C24H24N4O3S2. The summed E-state index contributed by atoms with van der Waals surface area (Å²) in [6.45, 7) is 1.77. The van der Waals surface area contributed by atoms with Crippen LogP contribution >= 0.6 is 22.9 Å². The van der Waals surface area contributed by atoms with Gasteiger partial charge in [0.25, 0.3) is 5.91 Å². The van der Waals surface area contributed by atoms with Crippen LogP contribution in [0.3, 0.4) is 0 Å². The van der Waals surface area contributed by atoms with Crippen LogP contribution in [0.25, 0.3) is 9.75 Å². The third kappa shape index (κ3) is 4.69. The zero-order chi connectivity index (χ0) is 22.8. The molecule has 2 saturated heterocycles. The van der Waals surface area contributed by atoms with Crippen LogP contribution in [-0.2, 0) is 9.59 Å². The van der Waals surface area contributed by atoms with E-state index in [9.17, 15) is 14.4 Å². The van der Waals surface area contributed by atoms with Gasteiger partial charge >= 0.3 is 0 Å². The summed E-state index contributed by atoms with van der Waals surface area (Å²) in [5.41, 5.74) is 1.71. The van der Waals surface area contributed by atoms with Gasteiger partial charge in [-0.25, -0.2) is 4.37 Å². The molecule has 3 amide bonds. The minimum Gasteiger partial charge on any atom is -0.351 e. The lowest BCUT2D eigenvalue weighted by Crippen LogP contribution is -2.35. The molecule has 0 radical (unpaired) electrons. The standard InChI is InChI=1S/C24H24N4O3S2/c29-22-3-1-2-12-27(22)17-4-6-18(7-5-17)28-15-16(13-23(28)30)14-25-24(31)21-9-8-19(32-21)20-10-11-26-33-20/h4-11,16H,1-3,12-15H2,(H,25,31). The van der Waals surface area contributed by atoms with Crippen LogP contribution in [0.5, 0.6) is 0 Å². The van der Waals surface area contributed by atoms with E-state index in [2.05, 4.69) is 9.69 Å². The van der Waals surface area contributed by atoms with Crippen LogP contribution in [0.2, 0.25) is 0 Å². The van der Waals surface area contributed by atoms with Crippen LogP contribution in [0, 0.1) is 5.92 Å². The fourth-order valence-corrected chi connectivity index (χ4v) is 5.91. The SMILES string of the molecule is O=C(NCC1CC(=O)N(c2ccc(N3CCCCC3=O)cc2)C1)c1ccc(-c2ccns2)s1. The minimum absolute atomic E-state index is 0.0552. The van der Waals surface area contributed by atoms with Gasteiger partial charge in [-0.1, -0.05) is 0 Å². The van der Waals surface area contributed by atoms with Crippen molar-refractivity contribution >= 4 is 52.0 Å². The number of carbonyl (C=O) groups is 3. The Hall–Kier alpha value is -3.04. The second-order valence-electron chi connectivity index (χ2n) is 8.34. The molecule has 0 bridgehead atoms. The molecule has 33 heavy (non-hydrogen) atoms. The molecule has 1 N–H and O–H groups in total. The zero-order valence-electron chi connectivity index (χ0n) is 18.0. The second kappa shape index (κ2) is 9.44. The highest BCUT2D eigenvalue weighted by atomic mass is 32.1. The number of rotatable bonds is 6. The molecule has 0 saturated carbocycles. The maximum Gasteiger partial charge on any atom is 0.261 e. The Labute approximate surface area is 200 Å². The number of thiophene rings is 1. The lowest BCUT2D eigenvalue weighted by molar-refractivity contribution is -0.119. The highest BCUT2D eigenvalue weighted by molar-refractivity contribution is 7.21. The Kier molecular flexibility index (Phi) is 6.24. The first-order valence-electron chi connectivity index (χ1n) is 11.1. The van der Waals surface area contributed by atoms with Gasteiger partial charge in [-0.15, -0.1) is 11.3 Å². The molecular weight excluding hydrogens is 456 g/mol. The van der Waals surface area contributed by atoms with Crippen molar-refractivity contribution in [1.29, 1.82) is 0 Å². The molecule has 2 fully saturated rings. The largest absolute Gasteiger partial charge is 0.351 e. The maximum absolute atomic E-state index is 12.6. The average molecular weight is 481 g/mol. The number of piperidine rings is 1. The van der Waals surface area contributed by atoms with E-state index in [0.717, 1.165) is 40.5 Å². The Morgan fingerprint density at radius 3 is 2.48 bits per heavy atom. The Morgan fingerprint density at radius 1 is 0.970 bits per heavy atom. The topological polar surface area (TPSA) is 82.6 Å². The van der Waals surface area contributed by atoms with Gasteiger partial charge in [0.05, 0.1) is 9.75 Å². The second-order valence-corrected chi connectivity index (χ2v) is 10.3. The third-order valence-corrected chi connectivity index (χ3v) is 8.09. The van der Waals surface area contributed by atoms with Crippen molar-refractivity contribution in [2.75, 3.05) is 29.4 Å². The van der Waals surface area contributed by atoms with Gasteiger partial charge in [0, 0.05) is 60.8 Å². The summed E-state index contributed by atoms with van der Waals surface area (Å²) in [5, 5.41) is 2.99. The lowest BCUT2D eigenvalue weighted by Gasteiger charge is -2.27. The number of nitrogens with zero attached hydrogens (tertiary/aromatic N) is 3. The van der Waals surface area contributed by atoms with Crippen molar-refractivity contribution in [2.45, 2.75) is 25.7 Å². The van der Waals surface area contributed by atoms with Crippen molar-refractivity contribution in [3.63, 3.8) is 0 Å². The van der Waals surface area contributed by atoms with Crippen molar-refractivity contribution < 1.29 is 14.4 Å². The number of carbonyl (C=O) groups excluding carboxylic acids is 3. The average Bonchev–Trinajstić information content (AvgIpc) is 3.59. The van der Waals surface area contributed by atoms with Gasteiger partial charge in [-0.3, -0.25) is 14.4 Å². The van der Waals surface area contributed by atoms with Crippen molar-refractivity contribution in [1.82, 2.24) is 9.69 Å². The van der Waals surface area contributed by atoms with E-state index in [1.54, 1.807) is 11.1 Å². The quantitative estimate of drug-likeness (QED) is 0.574. The summed E-state index contributed by atoms with van der Waals surface area (Å²) < 4.78 is 4.11. The fourth-order valence-electron chi connectivity index (χ4n) is 4.32. The molecule has 7 nitrogen and oxygen atoms in total. The maximum atomic E-state index is 12.6.